The molecule has 10 heteroatoms. The second kappa shape index (κ2) is 8.04. The maximum atomic E-state index is 13.6. The summed E-state index contributed by atoms with van der Waals surface area (Å²) in [5, 5.41) is 0. The topological polar surface area (TPSA) is 116 Å². The lowest BCUT2D eigenvalue weighted by Crippen LogP contribution is -2.56. The Kier molecular flexibility index (Phi) is 5.03. The number of hydrogen-bond acceptors (Lipinski definition) is 10. The van der Waals surface area contributed by atoms with Crippen molar-refractivity contribution in [2.45, 2.75) is 24.4 Å². The van der Waals surface area contributed by atoms with Gasteiger partial charge in [0.1, 0.15) is 0 Å². The molecule has 2 saturated heterocycles. The fourth-order valence-electron chi connectivity index (χ4n) is 6.05. The average molecular weight is 496 g/mol. The Bertz CT molecular complexity index is 1270. The smallest absolute Gasteiger partial charge is 0.310 e. The molecule has 1 spiro atoms. The van der Waals surface area contributed by atoms with Crippen LogP contribution in [0.5, 0.6) is 28.7 Å². The molecule has 2 aromatic carbocycles. The van der Waals surface area contributed by atoms with Crippen molar-refractivity contribution < 1.29 is 47.5 Å². The molecule has 3 aliphatic heterocycles. The van der Waals surface area contributed by atoms with E-state index in [1.165, 1.54) is 21.3 Å². The highest BCUT2D eigenvalue weighted by Crippen LogP contribution is 2.60. The first-order valence-corrected chi connectivity index (χ1v) is 11.6. The molecular weight excluding hydrogens is 472 g/mol. The van der Waals surface area contributed by atoms with E-state index in [1.807, 2.05) is 0 Å². The Morgan fingerprint density at radius 1 is 0.861 bits per heavy atom. The van der Waals surface area contributed by atoms with Gasteiger partial charge in [-0.15, -0.1) is 0 Å². The van der Waals surface area contributed by atoms with E-state index in [4.69, 9.17) is 33.2 Å². The van der Waals surface area contributed by atoms with Crippen LogP contribution >= 0.6 is 0 Å². The first-order valence-electron chi connectivity index (χ1n) is 11.6. The van der Waals surface area contributed by atoms with E-state index in [2.05, 4.69) is 0 Å². The van der Waals surface area contributed by atoms with Crippen molar-refractivity contribution in [3.63, 3.8) is 0 Å². The molecule has 0 N–H and O–H groups in total. The Morgan fingerprint density at radius 2 is 1.56 bits per heavy atom. The largest absolute Gasteiger partial charge is 0.493 e. The number of ketones is 1. The maximum absolute atomic E-state index is 13.6. The summed E-state index contributed by atoms with van der Waals surface area (Å²) in [6, 6.07) is 6.99. The fraction of sp³-hybridized carbons (Fsp3) is 0.423. The molecule has 10 nitrogen and oxygen atoms in total. The number of fused-ring (bicyclic) bond motifs is 5. The van der Waals surface area contributed by atoms with Gasteiger partial charge in [-0.25, -0.2) is 0 Å². The number of ether oxygens (including phenoxy) is 7. The monoisotopic (exact) mass is 496 g/mol. The zero-order valence-electron chi connectivity index (χ0n) is 20.0. The van der Waals surface area contributed by atoms with Crippen molar-refractivity contribution in [2.24, 2.45) is 11.8 Å². The third kappa shape index (κ3) is 2.93. The van der Waals surface area contributed by atoms with Crippen molar-refractivity contribution >= 4 is 17.7 Å². The highest BCUT2D eigenvalue weighted by Gasteiger charge is 2.65. The quantitative estimate of drug-likeness (QED) is 0.585. The van der Waals surface area contributed by atoms with Crippen LogP contribution in [0, 0.1) is 11.8 Å². The van der Waals surface area contributed by atoms with Gasteiger partial charge in [-0.3, -0.25) is 14.4 Å². The molecule has 2 aromatic rings. The molecule has 0 amide bonds. The van der Waals surface area contributed by atoms with E-state index < -0.39 is 35.3 Å². The van der Waals surface area contributed by atoms with E-state index in [0.717, 1.165) is 0 Å². The SMILES string of the molecule is COc1cc([C@@H]2c3cc4c(cc3[C@]3(OC(=O)CCC3=O)[C@H]3COC(=O)[C@H]23)OCO4)cc(OC)c1OC. The third-order valence-electron chi connectivity index (χ3n) is 7.56. The number of benzene rings is 2. The first kappa shape index (κ1) is 22.5. The average Bonchev–Trinajstić information content (AvgIpc) is 3.51. The van der Waals surface area contributed by atoms with Gasteiger partial charge < -0.3 is 33.2 Å². The predicted molar refractivity (Wildman–Crippen MR) is 120 cm³/mol. The normalized spacial score (nSPS) is 27.8. The van der Waals surface area contributed by atoms with Crippen LogP contribution in [-0.2, 0) is 29.5 Å². The second-order valence-corrected chi connectivity index (χ2v) is 9.12. The van der Waals surface area contributed by atoms with Crippen LogP contribution in [0.4, 0.5) is 0 Å². The van der Waals surface area contributed by atoms with Crippen LogP contribution in [0.1, 0.15) is 35.4 Å². The number of hydrogen-bond donors (Lipinski definition) is 0. The zero-order valence-corrected chi connectivity index (χ0v) is 20.0. The Labute approximate surface area is 206 Å². The number of Topliss-reactive ketones (excluding diaryl/α,β-unsaturated/α-hetero) is 1. The van der Waals surface area contributed by atoms with Crippen molar-refractivity contribution in [3.05, 3.63) is 41.0 Å². The minimum Gasteiger partial charge on any atom is -0.493 e. The molecule has 36 heavy (non-hydrogen) atoms. The Balaban J connectivity index is 1.65. The minimum atomic E-state index is -1.65. The fourth-order valence-corrected chi connectivity index (χ4v) is 6.05. The van der Waals surface area contributed by atoms with Crippen LogP contribution in [0.15, 0.2) is 24.3 Å². The summed E-state index contributed by atoms with van der Waals surface area (Å²) in [6.45, 7) is -0.0416. The summed E-state index contributed by atoms with van der Waals surface area (Å²) in [5.74, 6) is -1.21. The number of carbonyl (C=O) groups excluding carboxylic acids is 3. The van der Waals surface area contributed by atoms with E-state index >= 15 is 0 Å². The van der Waals surface area contributed by atoms with E-state index in [-0.39, 0.29) is 32.0 Å². The summed E-state index contributed by atoms with van der Waals surface area (Å²) >= 11 is 0. The van der Waals surface area contributed by atoms with E-state index in [0.29, 0.717) is 45.4 Å². The van der Waals surface area contributed by atoms with Crippen LogP contribution in [0.3, 0.4) is 0 Å². The Hall–Kier alpha value is -3.95. The molecule has 4 atom stereocenters. The lowest BCUT2D eigenvalue weighted by Gasteiger charge is -2.47. The second-order valence-electron chi connectivity index (χ2n) is 9.12. The number of rotatable bonds is 4. The van der Waals surface area contributed by atoms with E-state index in [1.54, 1.807) is 24.3 Å². The van der Waals surface area contributed by atoms with Gasteiger partial charge in [-0.05, 0) is 35.4 Å². The van der Waals surface area contributed by atoms with Crippen LogP contribution in [-0.4, -0.2) is 52.5 Å². The standard InChI is InChI=1S/C26H24O10/c1-30-18-6-12(7-19(31-2)24(18)32-3)22-13-8-16-17(35-11-34-16)9-14(13)26(15-10-33-25(29)23(15)22)20(27)4-5-21(28)36-26/h6-9,15,22-23H,4-5,10-11H2,1-3H3/t15-,22+,23-,26-/m0/s1. The van der Waals surface area contributed by atoms with Crippen LogP contribution in [0.25, 0.3) is 0 Å². The van der Waals surface area contributed by atoms with E-state index in [9.17, 15) is 14.4 Å². The molecule has 0 radical (unpaired) electrons. The predicted octanol–water partition coefficient (Wildman–Crippen LogP) is 2.48. The number of methoxy groups -OCH3 is 3. The third-order valence-corrected chi connectivity index (χ3v) is 7.56. The summed E-state index contributed by atoms with van der Waals surface area (Å²) in [6.07, 6.45) is 0.00192. The van der Waals surface area contributed by atoms with Crippen LogP contribution in [0.2, 0.25) is 0 Å². The maximum Gasteiger partial charge on any atom is 0.310 e. The van der Waals surface area contributed by atoms with Gasteiger partial charge in [0, 0.05) is 17.9 Å². The van der Waals surface area contributed by atoms with Gasteiger partial charge in [-0.2, -0.15) is 0 Å². The minimum absolute atomic E-state index is 0.0109. The molecule has 6 rings (SSSR count). The van der Waals surface area contributed by atoms with Gasteiger partial charge in [0.25, 0.3) is 0 Å². The molecule has 0 bridgehead atoms. The van der Waals surface area contributed by atoms with Crippen molar-refractivity contribution in [2.75, 3.05) is 34.7 Å². The number of carbonyl (C=O) groups is 3. The lowest BCUT2D eigenvalue weighted by molar-refractivity contribution is -0.187. The number of cyclic esters (lactones) is 1. The molecule has 3 heterocycles. The highest BCUT2D eigenvalue weighted by atomic mass is 16.7. The summed E-state index contributed by atoms with van der Waals surface area (Å²) in [5.41, 5.74) is 0.113. The van der Waals surface area contributed by atoms with Gasteiger partial charge in [0.05, 0.1) is 46.2 Å². The Morgan fingerprint density at radius 3 is 2.22 bits per heavy atom. The molecular formula is C26H24O10. The number of esters is 2. The van der Waals surface area contributed by atoms with Crippen molar-refractivity contribution in [1.82, 2.24) is 0 Å². The molecule has 4 aliphatic rings. The van der Waals surface area contributed by atoms with Gasteiger partial charge >= 0.3 is 11.9 Å². The lowest BCUT2D eigenvalue weighted by atomic mass is 9.58. The molecule has 1 aliphatic carbocycles. The van der Waals surface area contributed by atoms with Crippen LogP contribution < -0.4 is 23.7 Å². The molecule has 188 valence electrons. The van der Waals surface area contributed by atoms with Crippen molar-refractivity contribution in [1.29, 1.82) is 0 Å². The molecule has 0 saturated carbocycles. The summed E-state index contributed by atoms with van der Waals surface area (Å²) < 4.78 is 39.3. The van der Waals surface area contributed by atoms with Gasteiger partial charge in [0.2, 0.25) is 18.1 Å². The van der Waals surface area contributed by atoms with Crippen molar-refractivity contribution in [3.8, 4) is 28.7 Å². The summed E-state index contributed by atoms with van der Waals surface area (Å²) in [7, 11) is 4.53. The molecule has 2 fully saturated rings. The zero-order chi connectivity index (χ0) is 25.2. The first-order chi connectivity index (χ1) is 17.4. The molecule has 0 aromatic heterocycles. The van der Waals surface area contributed by atoms with Gasteiger partial charge in [0.15, 0.2) is 28.8 Å². The highest BCUT2D eigenvalue weighted by molar-refractivity contribution is 5.98. The molecule has 0 unspecified atom stereocenters. The van der Waals surface area contributed by atoms with Gasteiger partial charge in [-0.1, -0.05) is 0 Å². The summed E-state index contributed by atoms with van der Waals surface area (Å²) in [4.78, 5) is 39.4.